The molecule has 0 saturated carbocycles. The fourth-order valence-corrected chi connectivity index (χ4v) is 2.36. The number of anilines is 1. The molecule has 0 atom stereocenters. The smallest absolute Gasteiger partial charge is 0.276 e. The lowest BCUT2D eigenvalue weighted by Gasteiger charge is -2.12. The van der Waals surface area contributed by atoms with Crippen LogP contribution < -0.4 is 5.32 Å². The number of alkyl halides is 3. The van der Waals surface area contributed by atoms with Gasteiger partial charge in [0.25, 0.3) is 9.70 Å². The van der Waals surface area contributed by atoms with E-state index in [2.05, 4.69) is 43.8 Å². The monoisotopic (exact) mass is 441 g/mol. The molecule has 82 valence electrons. The van der Waals surface area contributed by atoms with Gasteiger partial charge in [0.2, 0.25) is 0 Å². The zero-order valence-corrected chi connectivity index (χ0v) is 13.0. The van der Waals surface area contributed by atoms with Crippen LogP contribution in [0.5, 0.6) is 0 Å². The molecule has 1 aromatic rings. The van der Waals surface area contributed by atoms with Gasteiger partial charge in [0, 0.05) is 8.04 Å². The van der Waals surface area contributed by atoms with Crippen LogP contribution in [0.3, 0.4) is 0 Å². The molecule has 0 aliphatic heterocycles. The van der Waals surface area contributed by atoms with Gasteiger partial charge in [-0.3, -0.25) is 4.79 Å². The zero-order valence-electron chi connectivity index (χ0n) is 7.03. The second kappa shape index (κ2) is 5.40. The summed E-state index contributed by atoms with van der Waals surface area (Å²) in [5.74, 6) is -0.673. The predicted octanol–water partition coefficient (Wildman–Crippen LogP) is 4.36. The Morgan fingerprint density at radius 2 is 2.00 bits per heavy atom. The topological polar surface area (TPSA) is 29.1 Å². The summed E-state index contributed by atoms with van der Waals surface area (Å²) in [5, 5.41) is 2.51. The minimum atomic E-state index is -1.95. The molecule has 15 heavy (non-hydrogen) atoms. The summed E-state index contributed by atoms with van der Waals surface area (Å²) in [4.78, 5) is 11.3. The van der Waals surface area contributed by atoms with Crippen LogP contribution in [0.2, 0.25) is 0 Å². The number of amides is 1. The van der Waals surface area contributed by atoms with Crippen LogP contribution >= 0.6 is 73.3 Å². The molecular formula is C8H4BrCl3INO. The number of nitrogens with one attached hydrogen (secondary N) is 1. The molecule has 0 aromatic heterocycles. The number of rotatable bonds is 1. The fraction of sp³-hybridized carbons (Fsp3) is 0.125. The molecule has 0 unspecified atom stereocenters. The second-order valence-electron chi connectivity index (χ2n) is 2.58. The summed E-state index contributed by atoms with van der Waals surface area (Å²) >= 11 is 21.7. The van der Waals surface area contributed by atoms with Crippen LogP contribution in [0.25, 0.3) is 0 Å². The van der Waals surface area contributed by atoms with Crippen molar-refractivity contribution in [3.8, 4) is 0 Å². The van der Waals surface area contributed by atoms with Gasteiger partial charge in [0.05, 0.1) is 5.69 Å². The molecular weight excluding hydrogens is 439 g/mol. The lowest BCUT2D eigenvalue weighted by Crippen LogP contribution is -2.27. The molecule has 0 heterocycles. The van der Waals surface area contributed by atoms with E-state index >= 15 is 0 Å². The second-order valence-corrected chi connectivity index (χ2v) is 6.94. The summed E-state index contributed by atoms with van der Waals surface area (Å²) in [5.41, 5.74) is 0.607. The van der Waals surface area contributed by atoms with Crippen molar-refractivity contribution in [2.24, 2.45) is 0 Å². The molecule has 1 rings (SSSR count). The third-order valence-corrected chi connectivity index (χ3v) is 3.34. The van der Waals surface area contributed by atoms with Crippen molar-refractivity contribution in [2.45, 2.75) is 3.79 Å². The Hall–Kier alpha value is 0.770. The number of halogens is 5. The van der Waals surface area contributed by atoms with Crippen molar-refractivity contribution in [3.05, 3.63) is 26.2 Å². The van der Waals surface area contributed by atoms with E-state index in [4.69, 9.17) is 34.8 Å². The molecule has 0 saturated heterocycles. The minimum Gasteiger partial charge on any atom is -0.321 e. The Kier molecular flexibility index (Phi) is 4.98. The van der Waals surface area contributed by atoms with E-state index in [-0.39, 0.29) is 0 Å². The van der Waals surface area contributed by atoms with Crippen molar-refractivity contribution >= 4 is 84.9 Å². The Morgan fingerprint density at radius 1 is 1.40 bits per heavy atom. The van der Waals surface area contributed by atoms with Crippen molar-refractivity contribution in [1.29, 1.82) is 0 Å². The van der Waals surface area contributed by atoms with Gasteiger partial charge in [0.15, 0.2) is 0 Å². The average Bonchev–Trinajstić information content (AvgIpc) is 2.08. The Morgan fingerprint density at radius 3 is 2.47 bits per heavy atom. The number of hydrogen-bond acceptors (Lipinski definition) is 1. The van der Waals surface area contributed by atoms with Crippen LogP contribution in [0, 0.1) is 3.57 Å². The summed E-state index contributed by atoms with van der Waals surface area (Å²) < 4.78 is -0.181. The largest absolute Gasteiger partial charge is 0.321 e. The Labute approximate surface area is 124 Å². The maximum atomic E-state index is 11.3. The molecule has 1 amide bonds. The SMILES string of the molecule is O=C(Nc1ccc(Br)cc1I)C(Cl)(Cl)Cl. The van der Waals surface area contributed by atoms with Gasteiger partial charge in [-0.25, -0.2) is 0 Å². The molecule has 1 N–H and O–H groups in total. The van der Waals surface area contributed by atoms with Crippen LogP contribution in [0.15, 0.2) is 22.7 Å². The maximum absolute atomic E-state index is 11.3. The maximum Gasteiger partial charge on any atom is 0.276 e. The van der Waals surface area contributed by atoms with Gasteiger partial charge in [-0.15, -0.1) is 0 Å². The molecule has 0 spiro atoms. The molecule has 7 heteroatoms. The van der Waals surface area contributed by atoms with Gasteiger partial charge in [-0.05, 0) is 40.8 Å². The standard InChI is InChI=1S/C8H4BrCl3INO/c9-4-1-2-6(5(13)3-4)14-7(15)8(10,11)12/h1-3H,(H,14,15). The van der Waals surface area contributed by atoms with E-state index in [9.17, 15) is 4.79 Å². The first kappa shape index (κ1) is 13.8. The van der Waals surface area contributed by atoms with Crippen LogP contribution in [0.4, 0.5) is 5.69 Å². The molecule has 1 aromatic carbocycles. The first-order valence-electron chi connectivity index (χ1n) is 3.64. The highest BCUT2D eigenvalue weighted by Gasteiger charge is 2.30. The van der Waals surface area contributed by atoms with Gasteiger partial charge in [-0.1, -0.05) is 50.7 Å². The normalized spacial score (nSPS) is 11.3. The third-order valence-electron chi connectivity index (χ3n) is 1.44. The third kappa shape index (κ3) is 4.26. The van der Waals surface area contributed by atoms with Crippen molar-refractivity contribution in [1.82, 2.24) is 0 Å². The van der Waals surface area contributed by atoms with Gasteiger partial charge in [-0.2, -0.15) is 0 Å². The van der Waals surface area contributed by atoms with Crippen LogP contribution in [0.1, 0.15) is 0 Å². The van der Waals surface area contributed by atoms with Crippen molar-refractivity contribution < 1.29 is 4.79 Å². The molecule has 2 nitrogen and oxygen atoms in total. The highest BCUT2D eigenvalue weighted by atomic mass is 127. The first-order chi connectivity index (χ1) is 6.80. The van der Waals surface area contributed by atoms with Crippen molar-refractivity contribution in [2.75, 3.05) is 5.32 Å². The number of carbonyl (C=O) groups is 1. The number of carbonyl (C=O) groups excluding carboxylic acids is 1. The zero-order chi connectivity index (χ0) is 11.6. The Balaban J connectivity index is 2.87. The van der Waals surface area contributed by atoms with E-state index in [1.54, 1.807) is 12.1 Å². The number of hydrogen-bond donors (Lipinski definition) is 1. The summed E-state index contributed by atoms with van der Waals surface area (Å²) in [7, 11) is 0. The van der Waals surface area contributed by atoms with Crippen molar-refractivity contribution in [3.63, 3.8) is 0 Å². The van der Waals surface area contributed by atoms with Crippen LogP contribution in [-0.4, -0.2) is 9.70 Å². The van der Waals surface area contributed by atoms with E-state index in [1.807, 2.05) is 6.07 Å². The van der Waals surface area contributed by atoms with Gasteiger partial charge < -0.3 is 5.32 Å². The average molecular weight is 443 g/mol. The van der Waals surface area contributed by atoms with E-state index in [1.165, 1.54) is 0 Å². The number of benzene rings is 1. The Bertz CT molecular complexity index is 394. The summed E-state index contributed by atoms with van der Waals surface area (Å²) in [6, 6.07) is 5.35. The lowest BCUT2D eigenvalue weighted by atomic mass is 10.3. The highest BCUT2D eigenvalue weighted by molar-refractivity contribution is 14.1. The van der Waals surface area contributed by atoms with Gasteiger partial charge >= 0.3 is 0 Å². The van der Waals surface area contributed by atoms with E-state index < -0.39 is 9.70 Å². The quantitative estimate of drug-likeness (QED) is 0.507. The van der Waals surface area contributed by atoms with E-state index in [0.717, 1.165) is 8.04 Å². The highest BCUT2D eigenvalue weighted by Crippen LogP contribution is 2.29. The summed E-state index contributed by atoms with van der Waals surface area (Å²) in [6.45, 7) is 0. The molecule has 0 aliphatic carbocycles. The molecule has 0 bridgehead atoms. The predicted molar refractivity (Wildman–Crippen MR) is 75.8 cm³/mol. The molecule has 0 radical (unpaired) electrons. The molecule has 0 aliphatic rings. The van der Waals surface area contributed by atoms with Gasteiger partial charge in [0.1, 0.15) is 0 Å². The molecule has 0 fully saturated rings. The summed E-state index contributed by atoms with van der Waals surface area (Å²) in [6.07, 6.45) is 0. The first-order valence-corrected chi connectivity index (χ1v) is 6.64. The minimum absolute atomic E-state index is 0.607. The van der Waals surface area contributed by atoms with Crippen LogP contribution in [-0.2, 0) is 4.79 Å². The van der Waals surface area contributed by atoms with E-state index in [0.29, 0.717) is 5.69 Å². The lowest BCUT2D eigenvalue weighted by molar-refractivity contribution is -0.115. The fourth-order valence-electron chi connectivity index (χ4n) is 0.784.